The van der Waals surface area contributed by atoms with Gasteiger partial charge in [-0.05, 0) is 49.7 Å². The number of ether oxygens (including phenoxy) is 1. The van der Waals surface area contributed by atoms with Crippen LogP contribution in [0.15, 0.2) is 54.9 Å². The largest absolute Gasteiger partial charge is 0.497 e. The first-order chi connectivity index (χ1) is 15.0. The Hall–Kier alpha value is -3.61. The fourth-order valence-electron chi connectivity index (χ4n) is 3.73. The maximum atomic E-state index is 12.7. The number of carbonyl (C=O) groups is 1. The second kappa shape index (κ2) is 9.04. The molecule has 1 N–H and O–H groups in total. The molecule has 1 saturated heterocycles. The van der Waals surface area contributed by atoms with Crippen LogP contribution in [-0.2, 0) is 0 Å². The molecule has 3 aromatic rings. The van der Waals surface area contributed by atoms with Gasteiger partial charge in [-0.15, -0.1) is 0 Å². The Morgan fingerprint density at radius 2 is 1.71 bits per heavy atom. The molecule has 1 fully saturated rings. The van der Waals surface area contributed by atoms with Crippen LogP contribution < -0.4 is 15.0 Å². The van der Waals surface area contributed by atoms with Gasteiger partial charge < -0.3 is 19.9 Å². The summed E-state index contributed by atoms with van der Waals surface area (Å²) in [5, 5.41) is 3.03. The highest BCUT2D eigenvalue weighted by atomic mass is 16.5. The summed E-state index contributed by atoms with van der Waals surface area (Å²) >= 11 is 0. The summed E-state index contributed by atoms with van der Waals surface area (Å²) in [7, 11) is 1.65. The average molecular weight is 418 g/mol. The molecule has 0 atom stereocenters. The smallest absolute Gasteiger partial charge is 0.321 e. The third kappa shape index (κ3) is 4.77. The van der Waals surface area contributed by atoms with E-state index >= 15 is 0 Å². The molecule has 0 bridgehead atoms. The predicted octanol–water partition coefficient (Wildman–Crippen LogP) is 4.12. The number of anilines is 2. The monoisotopic (exact) mass is 417 g/mol. The van der Waals surface area contributed by atoms with E-state index < -0.39 is 0 Å². The van der Waals surface area contributed by atoms with Crippen LogP contribution in [0.25, 0.3) is 11.3 Å². The number of nitrogens with zero attached hydrogens (tertiary/aromatic N) is 4. The molecule has 0 aliphatic carbocycles. The number of benzene rings is 2. The van der Waals surface area contributed by atoms with Gasteiger partial charge in [-0.1, -0.05) is 17.7 Å². The molecule has 1 aromatic heterocycles. The third-order valence-electron chi connectivity index (χ3n) is 5.55. The van der Waals surface area contributed by atoms with Crippen molar-refractivity contribution in [2.24, 2.45) is 0 Å². The van der Waals surface area contributed by atoms with Crippen LogP contribution in [0.3, 0.4) is 0 Å². The molecular weight excluding hydrogens is 390 g/mol. The summed E-state index contributed by atoms with van der Waals surface area (Å²) in [4.78, 5) is 25.6. The number of aryl methyl sites for hydroxylation is 2. The standard InChI is InChI=1S/C24H27N5O2/c1-17-4-9-21(18(2)14-17)27-24(30)29-12-10-28(11-13-29)23-15-22(25-16-26-23)19-5-7-20(31-3)8-6-19/h4-9,14-16H,10-13H2,1-3H3,(H,27,30). The summed E-state index contributed by atoms with van der Waals surface area (Å²) in [5.74, 6) is 1.68. The fraction of sp³-hybridized carbons (Fsp3) is 0.292. The van der Waals surface area contributed by atoms with Gasteiger partial charge in [-0.2, -0.15) is 0 Å². The first-order valence-corrected chi connectivity index (χ1v) is 10.4. The van der Waals surface area contributed by atoms with Crippen molar-refractivity contribution in [2.45, 2.75) is 13.8 Å². The van der Waals surface area contributed by atoms with E-state index in [4.69, 9.17) is 4.74 Å². The lowest BCUT2D eigenvalue weighted by Gasteiger charge is -2.35. The summed E-state index contributed by atoms with van der Waals surface area (Å²) in [6.45, 7) is 6.77. The van der Waals surface area contributed by atoms with E-state index in [-0.39, 0.29) is 6.03 Å². The van der Waals surface area contributed by atoms with Crippen LogP contribution in [0.2, 0.25) is 0 Å². The topological polar surface area (TPSA) is 70.6 Å². The fourth-order valence-corrected chi connectivity index (χ4v) is 3.73. The minimum absolute atomic E-state index is 0.0618. The molecule has 0 unspecified atom stereocenters. The zero-order chi connectivity index (χ0) is 21.8. The number of rotatable bonds is 4. The number of hydrogen-bond acceptors (Lipinski definition) is 5. The molecule has 7 nitrogen and oxygen atoms in total. The van der Waals surface area contributed by atoms with Gasteiger partial charge in [0.05, 0.1) is 12.8 Å². The van der Waals surface area contributed by atoms with Gasteiger partial charge in [0.25, 0.3) is 0 Å². The number of urea groups is 1. The molecule has 2 heterocycles. The van der Waals surface area contributed by atoms with Gasteiger partial charge in [-0.3, -0.25) is 0 Å². The number of aromatic nitrogens is 2. The van der Waals surface area contributed by atoms with Crippen molar-refractivity contribution in [1.82, 2.24) is 14.9 Å². The molecule has 160 valence electrons. The second-order valence-corrected chi connectivity index (χ2v) is 7.71. The Balaban J connectivity index is 1.38. The predicted molar refractivity (Wildman–Crippen MR) is 123 cm³/mol. The number of piperazine rings is 1. The van der Waals surface area contributed by atoms with Crippen molar-refractivity contribution < 1.29 is 9.53 Å². The summed E-state index contributed by atoms with van der Waals surface area (Å²) in [6, 6.07) is 15.8. The van der Waals surface area contributed by atoms with Crippen molar-refractivity contribution >= 4 is 17.5 Å². The maximum Gasteiger partial charge on any atom is 0.321 e. The van der Waals surface area contributed by atoms with Gasteiger partial charge in [-0.25, -0.2) is 14.8 Å². The van der Waals surface area contributed by atoms with Gasteiger partial charge >= 0.3 is 6.03 Å². The van der Waals surface area contributed by atoms with Gasteiger partial charge in [0, 0.05) is 43.5 Å². The Bertz CT molecular complexity index is 1060. The minimum atomic E-state index is -0.0618. The highest BCUT2D eigenvalue weighted by Crippen LogP contribution is 2.24. The first-order valence-electron chi connectivity index (χ1n) is 10.4. The van der Waals surface area contributed by atoms with E-state index in [0.29, 0.717) is 13.1 Å². The lowest BCUT2D eigenvalue weighted by atomic mass is 10.1. The number of nitrogens with one attached hydrogen (secondary N) is 1. The van der Waals surface area contributed by atoms with Crippen molar-refractivity contribution in [3.8, 4) is 17.0 Å². The number of methoxy groups -OCH3 is 1. The van der Waals surface area contributed by atoms with E-state index in [2.05, 4.69) is 26.3 Å². The van der Waals surface area contributed by atoms with Crippen LogP contribution >= 0.6 is 0 Å². The SMILES string of the molecule is COc1ccc(-c2cc(N3CCN(C(=O)Nc4ccc(C)cc4C)CC3)ncn2)cc1. The lowest BCUT2D eigenvalue weighted by Crippen LogP contribution is -2.50. The quantitative estimate of drug-likeness (QED) is 0.691. The second-order valence-electron chi connectivity index (χ2n) is 7.71. The van der Waals surface area contributed by atoms with E-state index in [1.807, 2.05) is 61.2 Å². The molecule has 1 aliphatic rings. The van der Waals surface area contributed by atoms with E-state index in [0.717, 1.165) is 47.2 Å². The van der Waals surface area contributed by atoms with E-state index in [9.17, 15) is 4.79 Å². The van der Waals surface area contributed by atoms with Crippen LogP contribution in [0.5, 0.6) is 5.75 Å². The molecule has 0 saturated carbocycles. The highest BCUT2D eigenvalue weighted by Gasteiger charge is 2.22. The first kappa shape index (κ1) is 20.7. The number of carbonyl (C=O) groups excluding carboxylic acids is 1. The van der Waals surface area contributed by atoms with Gasteiger partial charge in [0.15, 0.2) is 0 Å². The Labute approximate surface area is 182 Å². The average Bonchev–Trinajstić information content (AvgIpc) is 2.81. The van der Waals surface area contributed by atoms with Crippen LogP contribution in [0, 0.1) is 13.8 Å². The number of amides is 2. The Kier molecular flexibility index (Phi) is 6.02. The van der Waals surface area contributed by atoms with Crippen molar-refractivity contribution in [2.75, 3.05) is 43.5 Å². The zero-order valence-corrected chi connectivity index (χ0v) is 18.1. The van der Waals surface area contributed by atoms with Crippen LogP contribution in [0.4, 0.5) is 16.3 Å². The highest BCUT2D eigenvalue weighted by molar-refractivity contribution is 5.90. The molecule has 4 rings (SSSR count). The Morgan fingerprint density at radius 3 is 2.39 bits per heavy atom. The van der Waals surface area contributed by atoms with Crippen molar-refractivity contribution in [3.63, 3.8) is 0 Å². The molecule has 0 radical (unpaired) electrons. The molecule has 31 heavy (non-hydrogen) atoms. The molecule has 0 spiro atoms. The minimum Gasteiger partial charge on any atom is -0.497 e. The summed E-state index contributed by atoms with van der Waals surface area (Å²) < 4.78 is 5.22. The maximum absolute atomic E-state index is 12.7. The lowest BCUT2D eigenvalue weighted by molar-refractivity contribution is 0.208. The number of hydrogen-bond donors (Lipinski definition) is 1. The van der Waals surface area contributed by atoms with Crippen LogP contribution in [0.1, 0.15) is 11.1 Å². The van der Waals surface area contributed by atoms with E-state index in [1.54, 1.807) is 13.4 Å². The molecule has 1 aliphatic heterocycles. The van der Waals surface area contributed by atoms with Gasteiger partial charge in [0.1, 0.15) is 17.9 Å². The molecule has 7 heteroatoms. The normalized spacial score (nSPS) is 13.8. The molecular formula is C24H27N5O2. The molecule has 2 aromatic carbocycles. The molecule has 2 amide bonds. The van der Waals surface area contributed by atoms with Crippen molar-refractivity contribution in [3.05, 3.63) is 66.0 Å². The van der Waals surface area contributed by atoms with Gasteiger partial charge in [0.2, 0.25) is 0 Å². The summed E-state index contributed by atoms with van der Waals surface area (Å²) in [6.07, 6.45) is 1.59. The van der Waals surface area contributed by atoms with E-state index in [1.165, 1.54) is 5.56 Å². The Morgan fingerprint density at radius 1 is 0.968 bits per heavy atom. The van der Waals surface area contributed by atoms with Crippen molar-refractivity contribution in [1.29, 1.82) is 0 Å². The summed E-state index contributed by atoms with van der Waals surface area (Å²) in [5.41, 5.74) is 4.98. The van der Waals surface area contributed by atoms with Crippen LogP contribution in [-0.4, -0.2) is 54.2 Å². The third-order valence-corrected chi connectivity index (χ3v) is 5.55. The zero-order valence-electron chi connectivity index (χ0n) is 18.1.